The van der Waals surface area contributed by atoms with Crippen molar-refractivity contribution in [3.8, 4) is 0 Å². The average Bonchev–Trinajstić information content (AvgIpc) is 3.31. The van der Waals surface area contributed by atoms with Gasteiger partial charge in [0.15, 0.2) is 6.10 Å². The van der Waals surface area contributed by atoms with Crippen LogP contribution in [0, 0.1) is 0 Å². The van der Waals surface area contributed by atoms with Gasteiger partial charge >= 0.3 is 17.9 Å². The lowest BCUT2D eigenvalue weighted by molar-refractivity contribution is -0.167. The van der Waals surface area contributed by atoms with Gasteiger partial charge in [0.05, 0.1) is 0 Å². The number of rotatable bonds is 47. The molecule has 0 saturated heterocycles. The lowest BCUT2D eigenvalue weighted by atomic mass is 10.1. The summed E-state index contributed by atoms with van der Waals surface area (Å²) in [5.41, 5.74) is 0. The third kappa shape index (κ3) is 51.1. The van der Waals surface area contributed by atoms with Crippen molar-refractivity contribution >= 4 is 17.9 Å². The standard InChI is InChI=1S/C60H98O6/c1-4-7-10-13-16-19-22-25-27-29-31-32-35-38-41-44-47-50-53-59(62)65-56-57(55-64-58(61)52-49-46-43-40-37-34-24-21-18-15-12-9-6-3)66-60(63)54-51-48-45-42-39-36-33-30-28-26-23-20-17-14-11-8-5-2/h9,12,15,18,21,24,26,28,31-34,36-37,40,42-43,45,57H,4-8,10-11,13-14,16-17,19-20,22-23,25,27,29-30,35,38-39,41,44,46-56H2,1-3H3/b12-9-,18-15-,24-21-,28-26-,32-31-,36-33-,37-34-,43-40-,45-42-. The summed E-state index contributed by atoms with van der Waals surface area (Å²) in [6.07, 6.45) is 72.4. The highest BCUT2D eigenvalue weighted by molar-refractivity contribution is 5.71. The lowest BCUT2D eigenvalue weighted by Gasteiger charge is -2.18. The maximum atomic E-state index is 12.8. The van der Waals surface area contributed by atoms with Crippen LogP contribution in [0.25, 0.3) is 0 Å². The SMILES string of the molecule is CC\C=C/C=C\C=C/C=C\C=C/CCCC(=O)OCC(COC(=O)CCCCCCC/C=C\CCCCCCCCCCC)OC(=O)CCC/C=C\C/C=C\C/C=C\CCCCCCCC. The second kappa shape index (κ2) is 53.7. The normalized spacial score (nSPS) is 13.0. The van der Waals surface area contributed by atoms with Gasteiger partial charge in [-0.15, -0.1) is 0 Å². The quantitative estimate of drug-likeness (QED) is 0.0199. The fourth-order valence-electron chi connectivity index (χ4n) is 7.07. The second-order valence-electron chi connectivity index (χ2n) is 17.5. The van der Waals surface area contributed by atoms with Crippen molar-refractivity contribution < 1.29 is 28.6 Å². The van der Waals surface area contributed by atoms with Gasteiger partial charge in [-0.3, -0.25) is 14.4 Å². The van der Waals surface area contributed by atoms with Gasteiger partial charge in [-0.05, 0) is 89.9 Å². The number of allylic oxidation sites excluding steroid dienone is 18. The highest BCUT2D eigenvalue weighted by Gasteiger charge is 2.19. The Bertz CT molecular complexity index is 1370. The first kappa shape index (κ1) is 62.1. The Morgan fingerprint density at radius 2 is 0.667 bits per heavy atom. The first-order valence-corrected chi connectivity index (χ1v) is 27.0. The van der Waals surface area contributed by atoms with E-state index in [-0.39, 0.29) is 44.0 Å². The van der Waals surface area contributed by atoms with E-state index >= 15 is 0 Å². The molecule has 0 bridgehead atoms. The highest BCUT2D eigenvalue weighted by atomic mass is 16.6. The Morgan fingerprint density at radius 1 is 0.333 bits per heavy atom. The predicted octanol–water partition coefficient (Wildman–Crippen LogP) is 17.9. The zero-order valence-electron chi connectivity index (χ0n) is 42.7. The molecular weight excluding hydrogens is 817 g/mol. The van der Waals surface area contributed by atoms with E-state index in [0.29, 0.717) is 19.3 Å². The average molecular weight is 915 g/mol. The summed E-state index contributed by atoms with van der Waals surface area (Å²) in [7, 11) is 0. The van der Waals surface area contributed by atoms with Crippen molar-refractivity contribution in [3.63, 3.8) is 0 Å². The fraction of sp³-hybridized carbons (Fsp3) is 0.650. The third-order valence-corrected chi connectivity index (χ3v) is 11.1. The van der Waals surface area contributed by atoms with Crippen LogP contribution < -0.4 is 0 Å². The van der Waals surface area contributed by atoms with E-state index in [2.05, 4.69) is 75.5 Å². The third-order valence-electron chi connectivity index (χ3n) is 11.1. The summed E-state index contributed by atoms with van der Waals surface area (Å²) in [5.74, 6) is -1.07. The maximum Gasteiger partial charge on any atom is 0.306 e. The molecule has 6 nitrogen and oxygen atoms in total. The Balaban J connectivity index is 4.55. The molecule has 0 fully saturated rings. The number of esters is 3. The van der Waals surface area contributed by atoms with Crippen LogP contribution in [0.2, 0.25) is 0 Å². The van der Waals surface area contributed by atoms with Crippen molar-refractivity contribution in [1.82, 2.24) is 0 Å². The zero-order valence-corrected chi connectivity index (χ0v) is 42.7. The molecule has 0 aliphatic rings. The minimum absolute atomic E-state index is 0.127. The fourth-order valence-corrected chi connectivity index (χ4v) is 7.07. The molecule has 0 aliphatic heterocycles. The van der Waals surface area contributed by atoms with Gasteiger partial charge in [-0.25, -0.2) is 0 Å². The van der Waals surface area contributed by atoms with Crippen molar-refractivity contribution in [1.29, 1.82) is 0 Å². The van der Waals surface area contributed by atoms with Crippen molar-refractivity contribution in [2.24, 2.45) is 0 Å². The minimum Gasteiger partial charge on any atom is -0.462 e. The number of carbonyl (C=O) groups is 3. The molecule has 0 spiro atoms. The second-order valence-corrected chi connectivity index (χ2v) is 17.5. The molecule has 0 aromatic carbocycles. The molecule has 374 valence electrons. The Kier molecular flexibility index (Phi) is 50.5. The molecule has 0 aliphatic carbocycles. The van der Waals surface area contributed by atoms with Crippen LogP contribution >= 0.6 is 0 Å². The molecule has 0 rings (SSSR count). The van der Waals surface area contributed by atoms with E-state index < -0.39 is 6.10 Å². The molecule has 0 aromatic rings. The maximum absolute atomic E-state index is 12.8. The van der Waals surface area contributed by atoms with Gasteiger partial charge in [0.25, 0.3) is 0 Å². The summed E-state index contributed by atoms with van der Waals surface area (Å²) in [6.45, 7) is 6.37. The molecule has 0 N–H and O–H groups in total. The summed E-state index contributed by atoms with van der Waals surface area (Å²) >= 11 is 0. The van der Waals surface area contributed by atoms with Gasteiger partial charge < -0.3 is 14.2 Å². The first-order chi connectivity index (χ1) is 32.5. The number of hydrogen-bond donors (Lipinski definition) is 0. The molecule has 0 saturated carbocycles. The monoisotopic (exact) mass is 915 g/mol. The van der Waals surface area contributed by atoms with Gasteiger partial charge in [0.1, 0.15) is 13.2 Å². The molecule has 6 heteroatoms. The topological polar surface area (TPSA) is 78.9 Å². The Hall–Kier alpha value is -3.93. The molecule has 0 amide bonds. The summed E-state index contributed by atoms with van der Waals surface area (Å²) in [5, 5.41) is 0. The summed E-state index contributed by atoms with van der Waals surface area (Å²) in [6, 6.07) is 0. The molecule has 0 aromatic heterocycles. The van der Waals surface area contributed by atoms with Gasteiger partial charge in [0.2, 0.25) is 0 Å². The first-order valence-electron chi connectivity index (χ1n) is 27.0. The van der Waals surface area contributed by atoms with Crippen molar-refractivity contribution in [2.75, 3.05) is 13.2 Å². The largest absolute Gasteiger partial charge is 0.462 e. The molecule has 0 heterocycles. The van der Waals surface area contributed by atoms with E-state index in [0.717, 1.165) is 64.2 Å². The smallest absolute Gasteiger partial charge is 0.306 e. The predicted molar refractivity (Wildman–Crippen MR) is 283 cm³/mol. The van der Waals surface area contributed by atoms with E-state index in [4.69, 9.17) is 14.2 Å². The van der Waals surface area contributed by atoms with Crippen LogP contribution in [-0.4, -0.2) is 37.2 Å². The van der Waals surface area contributed by atoms with Crippen LogP contribution in [0.3, 0.4) is 0 Å². The van der Waals surface area contributed by atoms with E-state index in [9.17, 15) is 14.4 Å². The molecule has 1 atom stereocenters. The van der Waals surface area contributed by atoms with Crippen LogP contribution in [0.5, 0.6) is 0 Å². The van der Waals surface area contributed by atoms with Crippen LogP contribution in [-0.2, 0) is 28.6 Å². The van der Waals surface area contributed by atoms with E-state index in [1.165, 1.54) is 116 Å². The lowest BCUT2D eigenvalue weighted by Crippen LogP contribution is -2.30. The van der Waals surface area contributed by atoms with Crippen molar-refractivity contribution in [3.05, 3.63) is 109 Å². The number of unbranched alkanes of at least 4 members (excludes halogenated alkanes) is 22. The number of ether oxygens (including phenoxy) is 3. The van der Waals surface area contributed by atoms with Crippen LogP contribution in [0.4, 0.5) is 0 Å². The summed E-state index contributed by atoms with van der Waals surface area (Å²) < 4.78 is 16.7. The zero-order chi connectivity index (χ0) is 47.9. The van der Waals surface area contributed by atoms with Crippen LogP contribution in [0.1, 0.15) is 233 Å². The molecule has 1 unspecified atom stereocenters. The number of hydrogen-bond acceptors (Lipinski definition) is 6. The van der Waals surface area contributed by atoms with Gasteiger partial charge in [-0.1, -0.05) is 233 Å². The number of carbonyl (C=O) groups excluding carboxylic acids is 3. The minimum atomic E-state index is -0.838. The summed E-state index contributed by atoms with van der Waals surface area (Å²) in [4.78, 5) is 38.0. The highest BCUT2D eigenvalue weighted by Crippen LogP contribution is 2.13. The molecule has 0 radical (unpaired) electrons. The van der Waals surface area contributed by atoms with E-state index in [1.807, 2.05) is 54.7 Å². The van der Waals surface area contributed by atoms with Gasteiger partial charge in [-0.2, -0.15) is 0 Å². The van der Waals surface area contributed by atoms with Gasteiger partial charge in [0, 0.05) is 19.3 Å². The molecular formula is C60H98O6. The van der Waals surface area contributed by atoms with Crippen LogP contribution in [0.15, 0.2) is 109 Å². The van der Waals surface area contributed by atoms with Crippen molar-refractivity contribution in [2.45, 2.75) is 239 Å². The molecule has 66 heavy (non-hydrogen) atoms. The van der Waals surface area contributed by atoms with E-state index in [1.54, 1.807) is 0 Å². The Labute approximate surface area is 406 Å². The Morgan fingerprint density at radius 3 is 1.14 bits per heavy atom.